The molecule has 0 aliphatic carbocycles. The number of amides is 1. The van der Waals surface area contributed by atoms with Gasteiger partial charge in [0.25, 0.3) is 0 Å². The molecule has 1 fully saturated rings. The van der Waals surface area contributed by atoms with Crippen LogP contribution in [0.25, 0.3) is 10.9 Å². The van der Waals surface area contributed by atoms with Gasteiger partial charge in [0.2, 0.25) is 5.91 Å². The van der Waals surface area contributed by atoms with Crippen molar-refractivity contribution in [2.75, 3.05) is 25.1 Å². The van der Waals surface area contributed by atoms with Gasteiger partial charge >= 0.3 is 0 Å². The normalized spacial score (nSPS) is 16.8. The molecule has 26 heavy (non-hydrogen) atoms. The van der Waals surface area contributed by atoms with Crippen LogP contribution in [0.15, 0.2) is 54.7 Å². The maximum atomic E-state index is 12.5. The van der Waals surface area contributed by atoms with E-state index in [0.29, 0.717) is 6.42 Å². The molecule has 1 saturated heterocycles. The van der Waals surface area contributed by atoms with Crippen molar-refractivity contribution in [3.05, 3.63) is 60.3 Å². The summed E-state index contributed by atoms with van der Waals surface area (Å²) in [6, 6.07) is 16.4. The Bertz CT molecular complexity index is 904. The van der Waals surface area contributed by atoms with Gasteiger partial charge in [0, 0.05) is 41.9 Å². The Morgan fingerprint density at radius 2 is 2.12 bits per heavy atom. The van der Waals surface area contributed by atoms with Crippen molar-refractivity contribution in [2.45, 2.75) is 18.9 Å². The van der Waals surface area contributed by atoms with Crippen molar-refractivity contribution in [3.63, 3.8) is 0 Å². The van der Waals surface area contributed by atoms with E-state index >= 15 is 0 Å². The van der Waals surface area contributed by atoms with Crippen molar-refractivity contribution >= 4 is 22.5 Å². The second-order valence-corrected chi connectivity index (χ2v) is 6.74. The number of carbonyl (C=O) groups excluding carboxylic acids is 1. The zero-order chi connectivity index (χ0) is 17.9. The van der Waals surface area contributed by atoms with Gasteiger partial charge in [-0.1, -0.05) is 18.2 Å². The van der Waals surface area contributed by atoms with Crippen molar-refractivity contribution in [1.82, 2.24) is 10.3 Å². The number of hydrogen-bond acceptors (Lipinski definition) is 3. The van der Waals surface area contributed by atoms with Gasteiger partial charge < -0.3 is 19.9 Å². The largest absolute Gasteiger partial charge is 0.497 e. The number of ether oxygens (including phenoxy) is 1. The summed E-state index contributed by atoms with van der Waals surface area (Å²) in [6.45, 7) is 1.83. The number of fused-ring (bicyclic) bond motifs is 1. The molecule has 0 radical (unpaired) electrons. The van der Waals surface area contributed by atoms with Crippen LogP contribution >= 0.6 is 0 Å². The van der Waals surface area contributed by atoms with Gasteiger partial charge in [-0.15, -0.1) is 0 Å². The molecule has 1 aromatic heterocycles. The third-order valence-corrected chi connectivity index (χ3v) is 5.00. The number of H-pyrrole nitrogens is 1. The molecule has 4 rings (SSSR count). The first-order valence-corrected chi connectivity index (χ1v) is 8.96. The van der Waals surface area contributed by atoms with E-state index < -0.39 is 0 Å². The molecule has 0 bridgehead atoms. The lowest BCUT2D eigenvalue weighted by molar-refractivity contribution is -0.121. The van der Waals surface area contributed by atoms with E-state index in [2.05, 4.69) is 27.3 Å². The molecule has 0 unspecified atom stereocenters. The van der Waals surface area contributed by atoms with Crippen LogP contribution in [0.2, 0.25) is 0 Å². The summed E-state index contributed by atoms with van der Waals surface area (Å²) >= 11 is 0. The number of hydrogen-bond donors (Lipinski definition) is 2. The molecule has 5 heteroatoms. The van der Waals surface area contributed by atoms with Gasteiger partial charge in [0.15, 0.2) is 0 Å². The maximum absolute atomic E-state index is 12.5. The Hall–Kier alpha value is -2.95. The second kappa shape index (κ2) is 7.12. The summed E-state index contributed by atoms with van der Waals surface area (Å²) in [5.74, 6) is 0.863. The van der Waals surface area contributed by atoms with E-state index in [4.69, 9.17) is 4.74 Å². The minimum atomic E-state index is 0.0635. The summed E-state index contributed by atoms with van der Waals surface area (Å²) in [6.07, 6.45) is 3.26. The lowest BCUT2D eigenvalue weighted by atomic mass is 10.1. The standard InChI is InChI=1S/C21H23N3O2/c1-26-18-7-8-20-19(12-18)15(13-22-20)11-21(25)23-16-9-10-24(14-16)17-5-3-2-4-6-17/h2-8,12-13,16,22H,9-11,14H2,1H3,(H,23,25)/t16-/m1/s1. The molecule has 134 valence electrons. The monoisotopic (exact) mass is 349 g/mol. The van der Waals surface area contributed by atoms with E-state index in [9.17, 15) is 4.79 Å². The highest BCUT2D eigenvalue weighted by atomic mass is 16.5. The fourth-order valence-corrected chi connectivity index (χ4v) is 3.63. The van der Waals surface area contributed by atoms with Gasteiger partial charge in [-0.3, -0.25) is 4.79 Å². The number of benzene rings is 2. The first-order valence-electron chi connectivity index (χ1n) is 8.96. The molecule has 2 N–H and O–H groups in total. The number of aromatic nitrogens is 1. The molecule has 5 nitrogen and oxygen atoms in total. The maximum Gasteiger partial charge on any atom is 0.224 e. The number of aromatic amines is 1. The molecule has 1 amide bonds. The van der Waals surface area contributed by atoms with Gasteiger partial charge in [-0.05, 0) is 42.3 Å². The summed E-state index contributed by atoms with van der Waals surface area (Å²) < 4.78 is 5.29. The van der Waals surface area contributed by atoms with Gasteiger partial charge in [0.05, 0.1) is 13.5 Å². The molecule has 1 aliphatic rings. The Morgan fingerprint density at radius 1 is 1.27 bits per heavy atom. The highest BCUT2D eigenvalue weighted by Gasteiger charge is 2.24. The molecule has 0 saturated carbocycles. The van der Waals surface area contributed by atoms with Crippen LogP contribution in [0.1, 0.15) is 12.0 Å². The van der Waals surface area contributed by atoms with Gasteiger partial charge in [0.1, 0.15) is 5.75 Å². The van der Waals surface area contributed by atoms with E-state index in [1.807, 2.05) is 42.6 Å². The van der Waals surface area contributed by atoms with Crippen LogP contribution in [0.3, 0.4) is 0 Å². The van der Waals surface area contributed by atoms with Gasteiger partial charge in [-0.25, -0.2) is 0 Å². The van der Waals surface area contributed by atoms with E-state index in [1.165, 1.54) is 5.69 Å². The lowest BCUT2D eigenvalue weighted by Crippen LogP contribution is -2.37. The number of methoxy groups -OCH3 is 1. The van der Waals surface area contributed by atoms with Crippen LogP contribution in [-0.4, -0.2) is 37.1 Å². The summed E-state index contributed by atoms with van der Waals surface area (Å²) in [5, 5.41) is 4.22. The minimum absolute atomic E-state index is 0.0635. The van der Waals surface area contributed by atoms with Crippen LogP contribution in [0.5, 0.6) is 5.75 Å². The highest BCUT2D eigenvalue weighted by Crippen LogP contribution is 2.24. The first-order chi connectivity index (χ1) is 12.7. The zero-order valence-corrected chi connectivity index (χ0v) is 14.9. The Morgan fingerprint density at radius 3 is 2.92 bits per heavy atom. The van der Waals surface area contributed by atoms with Crippen LogP contribution in [0, 0.1) is 0 Å². The average Bonchev–Trinajstić information content (AvgIpc) is 3.29. The fraction of sp³-hybridized carbons (Fsp3) is 0.286. The molecule has 2 heterocycles. The molecule has 1 atom stereocenters. The molecule has 0 spiro atoms. The molecular formula is C21H23N3O2. The summed E-state index contributed by atoms with van der Waals surface area (Å²) in [4.78, 5) is 18.1. The second-order valence-electron chi connectivity index (χ2n) is 6.74. The SMILES string of the molecule is COc1ccc2[nH]cc(CC(=O)N[C@@H]3CCN(c4ccccc4)C3)c2c1. The predicted octanol–water partition coefficient (Wildman–Crippen LogP) is 3.11. The molecular weight excluding hydrogens is 326 g/mol. The predicted molar refractivity (Wildman–Crippen MR) is 104 cm³/mol. The smallest absolute Gasteiger partial charge is 0.224 e. The van der Waals surface area contributed by atoms with Crippen molar-refractivity contribution in [2.24, 2.45) is 0 Å². The van der Waals surface area contributed by atoms with Crippen LogP contribution in [-0.2, 0) is 11.2 Å². The Kier molecular flexibility index (Phi) is 4.52. The Labute approximate surface area is 153 Å². The summed E-state index contributed by atoms with van der Waals surface area (Å²) in [7, 11) is 1.65. The third kappa shape index (κ3) is 3.38. The van der Waals surface area contributed by atoms with Crippen LogP contribution < -0.4 is 15.0 Å². The van der Waals surface area contributed by atoms with E-state index in [0.717, 1.165) is 41.7 Å². The number of anilines is 1. The quantitative estimate of drug-likeness (QED) is 0.744. The van der Waals surface area contributed by atoms with Crippen LogP contribution in [0.4, 0.5) is 5.69 Å². The van der Waals surface area contributed by atoms with Gasteiger partial charge in [-0.2, -0.15) is 0 Å². The average molecular weight is 349 g/mol. The minimum Gasteiger partial charge on any atom is -0.497 e. The van der Waals surface area contributed by atoms with Crippen molar-refractivity contribution < 1.29 is 9.53 Å². The zero-order valence-electron chi connectivity index (χ0n) is 14.9. The molecule has 1 aliphatic heterocycles. The highest BCUT2D eigenvalue weighted by molar-refractivity contribution is 5.89. The number of para-hydroxylation sites is 1. The lowest BCUT2D eigenvalue weighted by Gasteiger charge is -2.19. The summed E-state index contributed by atoms with van der Waals surface area (Å²) in [5.41, 5.74) is 3.23. The van der Waals surface area contributed by atoms with E-state index in [1.54, 1.807) is 7.11 Å². The molecule has 3 aromatic rings. The Balaban J connectivity index is 1.39. The number of nitrogens with zero attached hydrogens (tertiary/aromatic N) is 1. The van der Waals surface area contributed by atoms with E-state index in [-0.39, 0.29) is 11.9 Å². The topological polar surface area (TPSA) is 57.4 Å². The number of rotatable bonds is 5. The number of nitrogens with one attached hydrogen (secondary N) is 2. The van der Waals surface area contributed by atoms with Crippen molar-refractivity contribution in [3.8, 4) is 5.75 Å². The number of carbonyl (C=O) groups is 1. The fourth-order valence-electron chi connectivity index (χ4n) is 3.63. The first kappa shape index (κ1) is 16.5. The third-order valence-electron chi connectivity index (χ3n) is 5.00. The molecule has 2 aromatic carbocycles. The van der Waals surface area contributed by atoms with Crippen molar-refractivity contribution in [1.29, 1.82) is 0 Å².